The van der Waals surface area contributed by atoms with Crippen LogP contribution in [0.1, 0.15) is 39.0 Å². The van der Waals surface area contributed by atoms with E-state index in [1.807, 2.05) is 6.92 Å². The number of nitrogens with one attached hydrogen (secondary N) is 1. The molecule has 1 aliphatic carbocycles. The fourth-order valence-corrected chi connectivity index (χ4v) is 2.98. The van der Waals surface area contributed by atoms with E-state index in [9.17, 15) is 4.79 Å². The number of hydrogen-bond donors (Lipinski definition) is 1. The van der Waals surface area contributed by atoms with Crippen LogP contribution in [0.15, 0.2) is 0 Å². The molecule has 1 saturated heterocycles. The van der Waals surface area contributed by atoms with Gasteiger partial charge in [0.15, 0.2) is 0 Å². The SMILES string of the molecule is CCOC(=O)C1CCNC12CCCC2. The highest BCUT2D eigenvalue weighted by molar-refractivity contribution is 5.74. The van der Waals surface area contributed by atoms with Crippen LogP contribution in [0.2, 0.25) is 0 Å². The van der Waals surface area contributed by atoms with Gasteiger partial charge < -0.3 is 10.1 Å². The highest BCUT2D eigenvalue weighted by atomic mass is 16.5. The van der Waals surface area contributed by atoms with Gasteiger partial charge in [-0.25, -0.2) is 0 Å². The molecule has 2 rings (SSSR count). The zero-order chi connectivity index (χ0) is 10.0. The van der Waals surface area contributed by atoms with E-state index in [2.05, 4.69) is 5.32 Å². The predicted octanol–water partition coefficient (Wildman–Crippen LogP) is 1.47. The van der Waals surface area contributed by atoms with Crippen molar-refractivity contribution >= 4 is 5.97 Å². The van der Waals surface area contributed by atoms with Gasteiger partial charge >= 0.3 is 5.97 Å². The summed E-state index contributed by atoms with van der Waals surface area (Å²) in [5.41, 5.74) is 0.103. The van der Waals surface area contributed by atoms with Gasteiger partial charge in [0.05, 0.1) is 12.5 Å². The van der Waals surface area contributed by atoms with Crippen LogP contribution in [-0.2, 0) is 9.53 Å². The molecular formula is C11H19NO2. The lowest BCUT2D eigenvalue weighted by Gasteiger charge is -2.29. The molecule has 80 valence electrons. The second-order valence-corrected chi connectivity index (χ2v) is 4.38. The summed E-state index contributed by atoms with van der Waals surface area (Å²) < 4.78 is 5.13. The van der Waals surface area contributed by atoms with E-state index < -0.39 is 0 Å². The second-order valence-electron chi connectivity index (χ2n) is 4.38. The van der Waals surface area contributed by atoms with Gasteiger partial charge in [0.2, 0.25) is 0 Å². The van der Waals surface area contributed by atoms with E-state index in [1.54, 1.807) is 0 Å². The summed E-state index contributed by atoms with van der Waals surface area (Å²) >= 11 is 0. The molecule has 3 nitrogen and oxygen atoms in total. The number of esters is 1. The van der Waals surface area contributed by atoms with Crippen molar-refractivity contribution in [3.05, 3.63) is 0 Å². The second kappa shape index (κ2) is 3.89. The Balaban J connectivity index is 2.06. The average Bonchev–Trinajstić information content (AvgIpc) is 2.78. The Morgan fingerprint density at radius 2 is 2.21 bits per heavy atom. The van der Waals surface area contributed by atoms with Gasteiger partial charge in [-0.1, -0.05) is 12.8 Å². The minimum atomic E-state index is 0.0133. The first-order chi connectivity index (χ1) is 6.78. The van der Waals surface area contributed by atoms with Gasteiger partial charge in [-0.05, 0) is 32.7 Å². The Morgan fingerprint density at radius 1 is 1.50 bits per heavy atom. The first kappa shape index (κ1) is 9.97. The molecule has 1 unspecified atom stereocenters. The number of rotatable bonds is 2. The third kappa shape index (κ3) is 1.54. The lowest BCUT2D eigenvalue weighted by molar-refractivity contribution is -0.149. The van der Waals surface area contributed by atoms with Crippen molar-refractivity contribution in [3.8, 4) is 0 Å². The quantitative estimate of drug-likeness (QED) is 0.681. The predicted molar refractivity (Wildman–Crippen MR) is 53.9 cm³/mol. The Labute approximate surface area is 85.2 Å². The molecule has 0 aromatic heterocycles. The van der Waals surface area contributed by atoms with Crippen LogP contribution in [0.5, 0.6) is 0 Å². The minimum Gasteiger partial charge on any atom is -0.466 e. The van der Waals surface area contributed by atoms with Crippen molar-refractivity contribution in [2.45, 2.75) is 44.6 Å². The average molecular weight is 197 g/mol. The van der Waals surface area contributed by atoms with Crippen LogP contribution in [0.25, 0.3) is 0 Å². The Morgan fingerprint density at radius 3 is 2.86 bits per heavy atom. The van der Waals surface area contributed by atoms with E-state index in [4.69, 9.17) is 4.74 Å². The van der Waals surface area contributed by atoms with Crippen LogP contribution >= 0.6 is 0 Å². The van der Waals surface area contributed by atoms with Crippen molar-refractivity contribution in [3.63, 3.8) is 0 Å². The summed E-state index contributed by atoms with van der Waals surface area (Å²) in [7, 11) is 0. The number of ether oxygens (including phenoxy) is 1. The molecule has 1 aliphatic heterocycles. The first-order valence-electron chi connectivity index (χ1n) is 5.70. The topological polar surface area (TPSA) is 38.3 Å². The maximum Gasteiger partial charge on any atom is 0.310 e. The van der Waals surface area contributed by atoms with Crippen molar-refractivity contribution in [2.24, 2.45) is 5.92 Å². The first-order valence-corrected chi connectivity index (χ1v) is 5.70. The summed E-state index contributed by atoms with van der Waals surface area (Å²) in [6.07, 6.45) is 5.76. The Hall–Kier alpha value is -0.570. The molecule has 3 heteroatoms. The third-order valence-corrected chi connectivity index (χ3v) is 3.64. The normalized spacial score (nSPS) is 29.6. The smallest absolute Gasteiger partial charge is 0.310 e. The molecule has 0 bridgehead atoms. The summed E-state index contributed by atoms with van der Waals surface area (Å²) in [5, 5.41) is 3.52. The van der Waals surface area contributed by atoms with Crippen LogP contribution in [-0.4, -0.2) is 24.7 Å². The molecule has 1 spiro atoms. The van der Waals surface area contributed by atoms with Crippen molar-refractivity contribution in [1.82, 2.24) is 5.32 Å². The van der Waals surface area contributed by atoms with Crippen molar-refractivity contribution in [1.29, 1.82) is 0 Å². The number of carbonyl (C=O) groups is 1. The minimum absolute atomic E-state index is 0.0133. The molecule has 14 heavy (non-hydrogen) atoms. The lowest BCUT2D eigenvalue weighted by atomic mass is 9.84. The highest BCUT2D eigenvalue weighted by Crippen LogP contribution is 2.41. The largest absolute Gasteiger partial charge is 0.466 e. The van der Waals surface area contributed by atoms with Crippen molar-refractivity contribution in [2.75, 3.05) is 13.2 Å². The molecule has 0 amide bonds. The van der Waals surface area contributed by atoms with Crippen LogP contribution in [0, 0.1) is 5.92 Å². The fraction of sp³-hybridized carbons (Fsp3) is 0.909. The number of hydrogen-bond acceptors (Lipinski definition) is 3. The highest BCUT2D eigenvalue weighted by Gasteiger charge is 2.48. The molecule has 2 fully saturated rings. The third-order valence-electron chi connectivity index (χ3n) is 3.64. The Bertz CT molecular complexity index is 216. The van der Waals surface area contributed by atoms with Gasteiger partial charge in [-0.15, -0.1) is 0 Å². The summed E-state index contributed by atoms with van der Waals surface area (Å²) in [5.74, 6) is 0.129. The van der Waals surface area contributed by atoms with Crippen molar-refractivity contribution < 1.29 is 9.53 Å². The monoisotopic (exact) mass is 197 g/mol. The van der Waals surface area contributed by atoms with E-state index in [1.165, 1.54) is 12.8 Å². The van der Waals surface area contributed by atoms with Crippen LogP contribution in [0.4, 0.5) is 0 Å². The summed E-state index contributed by atoms with van der Waals surface area (Å²) in [6, 6.07) is 0. The standard InChI is InChI=1S/C11H19NO2/c1-2-14-10(13)9-5-8-12-11(9)6-3-4-7-11/h9,12H,2-8H2,1H3. The molecule has 2 aliphatic rings. The van der Waals surface area contributed by atoms with E-state index in [-0.39, 0.29) is 17.4 Å². The zero-order valence-corrected chi connectivity index (χ0v) is 8.84. The van der Waals surface area contributed by atoms with Gasteiger partial charge in [0, 0.05) is 5.54 Å². The maximum atomic E-state index is 11.7. The van der Waals surface area contributed by atoms with E-state index in [0.717, 1.165) is 25.8 Å². The van der Waals surface area contributed by atoms with Crippen LogP contribution in [0.3, 0.4) is 0 Å². The maximum absolute atomic E-state index is 11.7. The van der Waals surface area contributed by atoms with Gasteiger partial charge in [-0.3, -0.25) is 4.79 Å². The molecule has 1 saturated carbocycles. The molecule has 0 radical (unpaired) electrons. The molecular weight excluding hydrogens is 178 g/mol. The summed E-state index contributed by atoms with van der Waals surface area (Å²) in [6.45, 7) is 3.36. The molecule has 1 atom stereocenters. The van der Waals surface area contributed by atoms with Gasteiger partial charge in [0.1, 0.15) is 0 Å². The van der Waals surface area contributed by atoms with Gasteiger partial charge in [-0.2, -0.15) is 0 Å². The lowest BCUT2D eigenvalue weighted by Crippen LogP contribution is -2.45. The fourth-order valence-electron chi connectivity index (χ4n) is 2.98. The van der Waals surface area contributed by atoms with Gasteiger partial charge in [0.25, 0.3) is 0 Å². The van der Waals surface area contributed by atoms with E-state index >= 15 is 0 Å². The van der Waals surface area contributed by atoms with E-state index in [0.29, 0.717) is 6.61 Å². The van der Waals surface area contributed by atoms with Crippen LogP contribution < -0.4 is 5.32 Å². The molecule has 0 aromatic rings. The number of carbonyl (C=O) groups excluding carboxylic acids is 1. The molecule has 0 aromatic carbocycles. The zero-order valence-electron chi connectivity index (χ0n) is 8.84. The Kier molecular flexibility index (Phi) is 2.77. The summed E-state index contributed by atoms with van der Waals surface area (Å²) in [4.78, 5) is 11.7. The molecule has 1 heterocycles. The molecule has 1 N–H and O–H groups in total.